The molecule has 0 bridgehead atoms. The van der Waals surface area contributed by atoms with Crippen LogP contribution in [0.15, 0.2) is 231 Å². The molecule has 10 aromatic carbocycles. The topological polar surface area (TPSA) is 72.9 Å². The molecule has 0 aliphatic carbocycles. The lowest BCUT2D eigenvalue weighted by molar-refractivity contribution is 0.627. The number of nitrogens with one attached hydrogen (secondary N) is 1. The largest absolute Gasteiger partial charge is 0.456 e. The molecule has 1 aliphatic heterocycles. The number of fused-ring (bicyclic) bond motifs is 13. The number of hydrogen-bond donors (Lipinski definition) is 1. The van der Waals surface area contributed by atoms with Crippen molar-refractivity contribution in [3.63, 3.8) is 0 Å². The standard InChI is InChI=1S/C61H37N5O2/c1-2-18-38(19-3-1)66-52-29-11-6-20-40(52)44-24-14-26-46(56(44)66)59-62-60(47-27-15-25-45-42-22-8-12-30-54(42)67-57(45)47)64-61(63-59)50-35-39(34-49-43-23-9-13-31-55(43)68-58(49)50)65-51-28-10-7-21-41(51)48-32-36-16-4-5-17-37(36)33-53(48)65/h1-35,60H,(H,62,63,64). The summed E-state index contributed by atoms with van der Waals surface area (Å²) in [6.07, 6.45) is -0.589. The van der Waals surface area contributed by atoms with E-state index in [-0.39, 0.29) is 0 Å². The number of amidine groups is 2. The third-order valence-electron chi connectivity index (χ3n) is 13.9. The van der Waals surface area contributed by atoms with Crippen molar-refractivity contribution in [3.05, 3.63) is 229 Å². The first-order chi connectivity index (χ1) is 33.7. The van der Waals surface area contributed by atoms with E-state index >= 15 is 0 Å². The van der Waals surface area contributed by atoms with Crippen molar-refractivity contribution in [2.24, 2.45) is 9.98 Å². The average molecular weight is 872 g/mol. The van der Waals surface area contributed by atoms with Crippen LogP contribution in [0.25, 0.3) is 110 Å². The van der Waals surface area contributed by atoms with Gasteiger partial charge in [-0.25, -0.2) is 9.98 Å². The minimum Gasteiger partial charge on any atom is -0.456 e. The average Bonchev–Trinajstić information content (AvgIpc) is 4.15. The molecule has 1 atom stereocenters. The minimum atomic E-state index is -0.589. The number of nitrogens with zero attached hydrogens (tertiary/aromatic N) is 4. The smallest absolute Gasteiger partial charge is 0.161 e. The highest BCUT2D eigenvalue weighted by Crippen LogP contribution is 2.42. The van der Waals surface area contributed by atoms with Crippen LogP contribution in [-0.4, -0.2) is 20.8 Å². The maximum absolute atomic E-state index is 6.93. The van der Waals surface area contributed by atoms with Crippen LogP contribution in [0.4, 0.5) is 0 Å². The summed E-state index contributed by atoms with van der Waals surface area (Å²) < 4.78 is 18.4. The normalized spacial score (nSPS) is 14.3. The van der Waals surface area contributed by atoms with Crippen molar-refractivity contribution < 1.29 is 8.83 Å². The Bertz CT molecular complexity index is 4490. The Morgan fingerprint density at radius 1 is 0.397 bits per heavy atom. The van der Waals surface area contributed by atoms with E-state index in [9.17, 15) is 0 Å². The highest BCUT2D eigenvalue weighted by Gasteiger charge is 2.29. The van der Waals surface area contributed by atoms with Gasteiger partial charge < -0.3 is 23.3 Å². The number of aromatic nitrogens is 2. The molecular formula is C61H37N5O2. The molecule has 68 heavy (non-hydrogen) atoms. The van der Waals surface area contributed by atoms with Crippen LogP contribution in [0.2, 0.25) is 0 Å². The molecule has 15 rings (SSSR count). The number of aliphatic imine (C=N–C) groups is 2. The van der Waals surface area contributed by atoms with Gasteiger partial charge in [0.2, 0.25) is 0 Å². The monoisotopic (exact) mass is 871 g/mol. The van der Waals surface area contributed by atoms with Crippen LogP contribution in [0, 0.1) is 0 Å². The molecule has 318 valence electrons. The fraction of sp³-hybridized carbons (Fsp3) is 0.0164. The van der Waals surface area contributed by atoms with Crippen molar-refractivity contribution in [1.82, 2.24) is 14.5 Å². The summed E-state index contributed by atoms with van der Waals surface area (Å²) in [6, 6.07) is 74.9. The third kappa shape index (κ3) is 5.35. The van der Waals surface area contributed by atoms with Gasteiger partial charge in [0.1, 0.15) is 28.2 Å². The summed E-state index contributed by atoms with van der Waals surface area (Å²) in [4.78, 5) is 11.2. The van der Waals surface area contributed by atoms with E-state index in [1.54, 1.807) is 0 Å². The fourth-order valence-corrected chi connectivity index (χ4v) is 10.9. The van der Waals surface area contributed by atoms with E-state index in [0.717, 1.165) is 105 Å². The predicted molar refractivity (Wildman–Crippen MR) is 279 cm³/mol. The van der Waals surface area contributed by atoms with Gasteiger partial charge in [0.05, 0.1) is 27.6 Å². The van der Waals surface area contributed by atoms with Crippen LogP contribution in [-0.2, 0) is 0 Å². The lowest BCUT2D eigenvalue weighted by atomic mass is 10.0. The first-order valence-corrected chi connectivity index (χ1v) is 23.0. The van der Waals surface area contributed by atoms with E-state index in [1.165, 1.54) is 21.5 Å². The summed E-state index contributed by atoms with van der Waals surface area (Å²) in [6.45, 7) is 0. The summed E-state index contributed by atoms with van der Waals surface area (Å²) in [5.74, 6) is 1.24. The molecule has 1 N–H and O–H groups in total. The molecule has 1 unspecified atom stereocenters. The molecule has 0 saturated carbocycles. The Labute approximate surface area is 388 Å². The Morgan fingerprint density at radius 2 is 1.00 bits per heavy atom. The van der Waals surface area contributed by atoms with E-state index in [2.05, 4.69) is 203 Å². The second-order valence-electron chi connectivity index (χ2n) is 17.7. The quantitative estimate of drug-likeness (QED) is 0.187. The van der Waals surface area contributed by atoms with E-state index in [4.69, 9.17) is 18.8 Å². The highest BCUT2D eigenvalue weighted by atomic mass is 16.3. The zero-order valence-electron chi connectivity index (χ0n) is 36.4. The predicted octanol–water partition coefficient (Wildman–Crippen LogP) is 15.3. The molecule has 0 radical (unpaired) electrons. The van der Waals surface area contributed by atoms with Crippen LogP contribution >= 0.6 is 0 Å². The first kappa shape index (κ1) is 37.1. The fourth-order valence-electron chi connectivity index (χ4n) is 10.9. The van der Waals surface area contributed by atoms with Gasteiger partial charge in [-0.2, -0.15) is 0 Å². The number of para-hydroxylation sites is 7. The first-order valence-electron chi connectivity index (χ1n) is 23.0. The zero-order valence-corrected chi connectivity index (χ0v) is 36.4. The molecule has 14 aromatic rings. The van der Waals surface area contributed by atoms with Gasteiger partial charge in [0, 0.05) is 65.6 Å². The van der Waals surface area contributed by atoms with Crippen molar-refractivity contribution >= 4 is 110 Å². The van der Waals surface area contributed by atoms with Crippen LogP contribution in [0.3, 0.4) is 0 Å². The lowest BCUT2D eigenvalue weighted by Gasteiger charge is -2.24. The van der Waals surface area contributed by atoms with Gasteiger partial charge in [-0.05, 0) is 77.5 Å². The molecule has 4 aromatic heterocycles. The van der Waals surface area contributed by atoms with Gasteiger partial charge >= 0.3 is 0 Å². The van der Waals surface area contributed by atoms with Gasteiger partial charge in [0.25, 0.3) is 0 Å². The van der Waals surface area contributed by atoms with Crippen molar-refractivity contribution in [3.8, 4) is 11.4 Å². The zero-order chi connectivity index (χ0) is 44.5. The number of benzene rings is 10. The van der Waals surface area contributed by atoms with E-state index in [0.29, 0.717) is 11.7 Å². The van der Waals surface area contributed by atoms with Crippen LogP contribution in [0.1, 0.15) is 22.9 Å². The SMILES string of the molecule is c1ccc(-n2c3ccccc3c3cccc(C4=NC(c5cccc6c5oc5ccccc56)NC(c5cc(-n6c7ccccc7c7cc8ccccc8cc76)cc6c5oc5ccccc56)=N4)c32)cc1. The summed E-state index contributed by atoms with van der Waals surface area (Å²) in [5.41, 5.74) is 12.2. The molecule has 0 saturated heterocycles. The second-order valence-corrected chi connectivity index (χ2v) is 17.7. The van der Waals surface area contributed by atoms with Crippen LogP contribution < -0.4 is 5.32 Å². The molecule has 0 spiro atoms. The molecule has 1 aliphatic rings. The maximum Gasteiger partial charge on any atom is 0.161 e. The molecule has 7 nitrogen and oxygen atoms in total. The summed E-state index contributed by atoms with van der Waals surface area (Å²) >= 11 is 0. The Balaban J connectivity index is 1.04. The summed E-state index contributed by atoms with van der Waals surface area (Å²) in [5, 5.41) is 15.1. The van der Waals surface area contributed by atoms with Crippen molar-refractivity contribution in [2.45, 2.75) is 6.17 Å². The van der Waals surface area contributed by atoms with Gasteiger partial charge in [0.15, 0.2) is 12.0 Å². The number of rotatable bonds is 5. The highest BCUT2D eigenvalue weighted by molar-refractivity contribution is 6.24. The maximum atomic E-state index is 6.93. The molecule has 0 amide bonds. The second kappa shape index (κ2) is 14.1. The molecular weight excluding hydrogens is 835 g/mol. The number of hydrogen-bond acceptors (Lipinski definition) is 5. The van der Waals surface area contributed by atoms with Crippen molar-refractivity contribution in [2.75, 3.05) is 0 Å². The van der Waals surface area contributed by atoms with Gasteiger partial charge in [-0.15, -0.1) is 0 Å². The molecule has 7 heteroatoms. The Kier molecular flexibility index (Phi) is 7.71. The third-order valence-corrected chi connectivity index (χ3v) is 13.9. The Hall–Kier alpha value is -9.20. The summed E-state index contributed by atoms with van der Waals surface area (Å²) in [7, 11) is 0. The lowest BCUT2D eigenvalue weighted by Crippen LogP contribution is -2.34. The van der Waals surface area contributed by atoms with Gasteiger partial charge in [-0.1, -0.05) is 146 Å². The minimum absolute atomic E-state index is 0.589. The number of furan rings is 2. The van der Waals surface area contributed by atoms with Gasteiger partial charge in [-0.3, -0.25) is 0 Å². The van der Waals surface area contributed by atoms with E-state index < -0.39 is 6.17 Å². The molecule has 5 heterocycles. The van der Waals surface area contributed by atoms with Crippen LogP contribution in [0.5, 0.6) is 0 Å². The van der Waals surface area contributed by atoms with Crippen molar-refractivity contribution in [1.29, 1.82) is 0 Å². The van der Waals surface area contributed by atoms with E-state index in [1.807, 2.05) is 24.3 Å². The molecule has 0 fully saturated rings. The Morgan fingerprint density at radius 3 is 1.79 bits per heavy atom.